The molecule has 0 heterocycles. The molecular formula is C10H11Cl2NO4S. The van der Waals surface area contributed by atoms with Gasteiger partial charge in [0.15, 0.2) is 0 Å². The lowest BCUT2D eigenvalue weighted by Crippen LogP contribution is -2.42. The molecule has 1 unspecified atom stereocenters. The van der Waals surface area contributed by atoms with Crippen LogP contribution in [0, 0.1) is 0 Å². The highest BCUT2D eigenvalue weighted by molar-refractivity contribution is 7.89. The Balaban J connectivity index is 2.94. The first-order chi connectivity index (χ1) is 8.40. The largest absolute Gasteiger partial charge is 0.468 e. The van der Waals surface area contributed by atoms with Crippen LogP contribution in [0.2, 0.25) is 5.02 Å². The number of ether oxygens (including phenoxy) is 1. The first-order valence-corrected chi connectivity index (χ1v) is 7.22. The van der Waals surface area contributed by atoms with E-state index in [9.17, 15) is 13.2 Å². The molecule has 0 saturated heterocycles. The van der Waals surface area contributed by atoms with E-state index in [0.717, 1.165) is 7.11 Å². The van der Waals surface area contributed by atoms with Crippen molar-refractivity contribution in [1.82, 2.24) is 4.72 Å². The van der Waals surface area contributed by atoms with Crippen molar-refractivity contribution in [2.75, 3.05) is 13.0 Å². The third-order valence-electron chi connectivity index (χ3n) is 2.06. The molecule has 5 nitrogen and oxygen atoms in total. The summed E-state index contributed by atoms with van der Waals surface area (Å²) < 4.78 is 30.4. The van der Waals surface area contributed by atoms with Crippen molar-refractivity contribution in [3.05, 3.63) is 29.3 Å². The number of halogens is 2. The van der Waals surface area contributed by atoms with E-state index in [1.165, 1.54) is 24.3 Å². The van der Waals surface area contributed by atoms with Crippen molar-refractivity contribution in [3.8, 4) is 0 Å². The fraction of sp³-hybridized carbons (Fsp3) is 0.300. The number of sulfonamides is 1. The van der Waals surface area contributed by atoms with E-state index >= 15 is 0 Å². The third-order valence-corrected chi connectivity index (χ3v) is 4.11. The predicted octanol–water partition coefficient (Wildman–Crippen LogP) is 1.40. The molecule has 100 valence electrons. The van der Waals surface area contributed by atoms with Crippen LogP contribution in [0.4, 0.5) is 0 Å². The van der Waals surface area contributed by atoms with Crippen LogP contribution < -0.4 is 4.72 Å². The summed E-state index contributed by atoms with van der Waals surface area (Å²) >= 11 is 11.2. The quantitative estimate of drug-likeness (QED) is 0.659. The molecule has 1 rings (SSSR count). The lowest BCUT2D eigenvalue weighted by molar-refractivity contribution is -0.142. The maximum Gasteiger partial charge on any atom is 0.325 e. The van der Waals surface area contributed by atoms with Gasteiger partial charge in [0.2, 0.25) is 10.0 Å². The monoisotopic (exact) mass is 311 g/mol. The molecule has 0 bridgehead atoms. The van der Waals surface area contributed by atoms with Gasteiger partial charge in [0.1, 0.15) is 6.04 Å². The molecule has 18 heavy (non-hydrogen) atoms. The van der Waals surface area contributed by atoms with Crippen molar-refractivity contribution < 1.29 is 17.9 Å². The van der Waals surface area contributed by atoms with Crippen LogP contribution >= 0.6 is 23.2 Å². The van der Waals surface area contributed by atoms with E-state index in [-0.39, 0.29) is 10.8 Å². The van der Waals surface area contributed by atoms with E-state index in [2.05, 4.69) is 9.46 Å². The number of hydrogen-bond acceptors (Lipinski definition) is 4. The summed E-state index contributed by atoms with van der Waals surface area (Å²) in [6.45, 7) is 0. The first kappa shape index (κ1) is 15.2. The van der Waals surface area contributed by atoms with E-state index < -0.39 is 22.0 Å². The zero-order chi connectivity index (χ0) is 13.8. The predicted molar refractivity (Wildman–Crippen MR) is 68.3 cm³/mol. The summed E-state index contributed by atoms with van der Waals surface area (Å²) in [7, 11) is -2.69. The Kier molecular flexibility index (Phi) is 5.40. The molecule has 0 aliphatic carbocycles. The number of hydrogen-bond donors (Lipinski definition) is 1. The van der Waals surface area contributed by atoms with Crippen molar-refractivity contribution in [3.63, 3.8) is 0 Å². The average molecular weight is 312 g/mol. The summed E-state index contributed by atoms with van der Waals surface area (Å²) in [5, 5.41) is 0.413. The lowest BCUT2D eigenvalue weighted by Gasteiger charge is -2.13. The van der Waals surface area contributed by atoms with Crippen molar-refractivity contribution in [2.24, 2.45) is 0 Å². The van der Waals surface area contributed by atoms with Crippen LogP contribution in [0.5, 0.6) is 0 Å². The maximum absolute atomic E-state index is 11.9. The van der Waals surface area contributed by atoms with Gasteiger partial charge in [-0.3, -0.25) is 4.79 Å². The first-order valence-electron chi connectivity index (χ1n) is 4.82. The Hall–Kier alpha value is -0.820. The number of carbonyl (C=O) groups excluding carboxylic acids is 1. The zero-order valence-corrected chi connectivity index (χ0v) is 11.7. The Morgan fingerprint density at radius 3 is 2.39 bits per heavy atom. The fourth-order valence-electron chi connectivity index (χ4n) is 1.15. The van der Waals surface area contributed by atoms with Gasteiger partial charge in [-0.2, -0.15) is 4.72 Å². The highest BCUT2D eigenvalue weighted by Crippen LogP contribution is 2.14. The Morgan fingerprint density at radius 1 is 1.39 bits per heavy atom. The third kappa shape index (κ3) is 3.84. The Bertz CT molecular complexity index is 515. The normalized spacial score (nSPS) is 13.1. The van der Waals surface area contributed by atoms with Gasteiger partial charge in [0.05, 0.1) is 12.0 Å². The summed E-state index contributed by atoms with van der Waals surface area (Å²) in [5.41, 5.74) is 0. The smallest absolute Gasteiger partial charge is 0.325 e. The molecule has 1 aromatic rings. The SMILES string of the molecule is COC(=O)C(CCl)NS(=O)(=O)c1ccc(Cl)cc1. The second kappa shape index (κ2) is 6.38. The van der Waals surface area contributed by atoms with Crippen molar-refractivity contribution in [1.29, 1.82) is 0 Å². The van der Waals surface area contributed by atoms with Crippen LogP contribution in [-0.2, 0) is 19.6 Å². The molecule has 0 radical (unpaired) electrons. The number of benzene rings is 1. The molecule has 0 amide bonds. The molecule has 0 aliphatic heterocycles. The van der Waals surface area contributed by atoms with Gasteiger partial charge in [-0.15, -0.1) is 11.6 Å². The fourth-order valence-corrected chi connectivity index (χ4v) is 2.76. The van der Waals surface area contributed by atoms with E-state index in [0.29, 0.717) is 5.02 Å². The maximum atomic E-state index is 11.9. The molecule has 0 aromatic heterocycles. The number of methoxy groups -OCH3 is 1. The average Bonchev–Trinajstić information content (AvgIpc) is 2.35. The van der Waals surface area contributed by atoms with E-state index in [4.69, 9.17) is 23.2 Å². The molecule has 1 N–H and O–H groups in total. The molecule has 0 fully saturated rings. The van der Waals surface area contributed by atoms with E-state index in [1.54, 1.807) is 0 Å². The van der Waals surface area contributed by atoms with Crippen molar-refractivity contribution >= 4 is 39.2 Å². The van der Waals surface area contributed by atoms with Gasteiger partial charge >= 0.3 is 5.97 Å². The Labute approximate surface area is 115 Å². The highest BCUT2D eigenvalue weighted by atomic mass is 35.5. The van der Waals surface area contributed by atoms with Gasteiger partial charge in [-0.25, -0.2) is 8.42 Å². The topological polar surface area (TPSA) is 72.5 Å². The van der Waals surface area contributed by atoms with Crippen LogP contribution in [0.15, 0.2) is 29.2 Å². The molecule has 1 atom stereocenters. The minimum Gasteiger partial charge on any atom is -0.468 e. The summed E-state index contributed by atoms with van der Waals surface area (Å²) in [4.78, 5) is 11.2. The second-order valence-corrected chi connectivity index (χ2v) is 5.76. The molecule has 0 aliphatic rings. The number of rotatable bonds is 5. The molecular weight excluding hydrogens is 301 g/mol. The lowest BCUT2D eigenvalue weighted by atomic mass is 10.4. The Morgan fingerprint density at radius 2 is 1.94 bits per heavy atom. The minimum absolute atomic E-state index is 0.00841. The molecule has 0 saturated carbocycles. The van der Waals surface area contributed by atoms with Gasteiger partial charge in [0.25, 0.3) is 0 Å². The highest BCUT2D eigenvalue weighted by Gasteiger charge is 2.25. The molecule has 8 heteroatoms. The zero-order valence-electron chi connectivity index (χ0n) is 9.39. The molecule has 1 aromatic carbocycles. The second-order valence-electron chi connectivity index (χ2n) is 3.31. The van der Waals surface area contributed by atoms with Crippen LogP contribution in [-0.4, -0.2) is 33.4 Å². The summed E-state index contributed by atoms with van der Waals surface area (Å²) in [6.07, 6.45) is 0. The van der Waals surface area contributed by atoms with Crippen molar-refractivity contribution in [2.45, 2.75) is 10.9 Å². The molecule has 0 spiro atoms. The van der Waals surface area contributed by atoms with Gasteiger partial charge in [-0.05, 0) is 24.3 Å². The number of nitrogens with one attached hydrogen (secondary N) is 1. The minimum atomic E-state index is -3.84. The van der Waals surface area contributed by atoms with Gasteiger partial charge in [-0.1, -0.05) is 11.6 Å². The van der Waals surface area contributed by atoms with Crippen LogP contribution in [0.25, 0.3) is 0 Å². The van der Waals surface area contributed by atoms with Crippen LogP contribution in [0.1, 0.15) is 0 Å². The van der Waals surface area contributed by atoms with Crippen LogP contribution in [0.3, 0.4) is 0 Å². The summed E-state index contributed by atoms with van der Waals surface area (Å²) in [6, 6.07) is 4.39. The summed E-state index contributed by atoms with van der Waals surface area (Å²) in [5.74, 6) is -0.970. The van der Waals surface area contributed by atoms with Gasteiger partial charge < -0.3 is 4.74 Å². The number of carbonyl (C=O) groups is 1. The number of alkyl halides is 1. The standard InChI is InChI=1S/C10H11Cl2NO4S/c1-17-10(14)9(6-11)13-18(15,16)8-4-2-7(12)3-5-8/h2-5,9,13H,6H2,1H3. The van der Waals surface area contributed by atoms with E-state index in [1.807, 2.05) is 0 Å². The number of esters is 1. The van der Waals surface area contributed by atoms with Gasteiger partial charge in [0, 0.05) is 10.9 Å².